The molecule has 2 radical (unpaired) electrons. The zero-order valence-electron chi connectivity index (χ0n) is 8.56. The van der Waals surface area contributed by atoms with Crippen molar-refractivity contribution in [3.8, 4) is 0 Å². The van der Waals surface area contributed by atoms with Gasteiger partial charge in [-0.2, -0.15) is 0 Å². The Morgan fingerprint density at radius 2 is 1.92 bits per heavy atom. The molecule has 0 N–H and O–H groups in total. The molecule has 0 aliphatic heterocycles. The van der Waals surface area contributed by atoms with Crippen LogP contribution in [0, 0.1) is 18.3 Å². The van der Waals surface area contributed by atoms with E-state index < -0.39 is 8.07 Å². The zero-order chi connectivity index (χ0) is 8.77. The maximum Gasteiger partial charge on any atom is 0.0476 e. The molecule has 2 bridgehead atoms. The van der Waals surface area contributed by atoms with Crippen LogP contribution in [0.25, 0.3) is 0 Å². The summed E-state index contributed by atoms with van der Waals surface area (Å²) in [5.74, 6) is 1.91. The van der Waals surface area contributed by atoms with Crippen LogP contribution in [0.15, 0.2) is 0 Å². The number of hydrogen-bond donors (Lipinski definition) is 0. The molecule has 0 aromatic rings. The van der Waals surface area contributed by atoms with Gasteiger partial charge in [0, 0.05) is 8.07 Å². The van der Waals surface area contributed by atoms with Crippen LogP contribution in [0.1, 0.15) is 25.7 Å². The maximum absolute atomic E-state index is 3.71. The molecule has 0 saturated heterocycles. The Kier molecular flexibility index (Phi) is 2.10. The SMILES string of the molecule is C[Si](C)(C)[C@H]1C[C@H]2C[C][C@@H]1CC2. The normalized spacial score (nSPS) is 41.8. The molecule has 3 aliphatic rings. The molecule has 0 aromatic carbocycles. The van der Waals surface area contributed by atoms with Crippen molar-refractivity contribution >= 4 is 8.07 Å². The minimum absolute atomic E-state index is 0.873. The molecule has 3 rings (SSSR count). The lowest BCUT2D eigenvalue weighted by Crippen LogP contribution is -2.41. The second-order valence-electron chi connectivity index (χ2n) is 5.67. The van der Waals surface area contributed by atoms with E-state index in [-0.39, 0.29) is 0 Å². The minimum Gasteiger partial charge on any atom is -0.0693 e. The fraction of sp³-hybridized carbons (Fsp3) is 0.909. The van der Waals surface area contributed by atoms with Gasteiger partial charge in [0.1, 0.15) is 0 Å². The van der Waals surface area contributed by atoms with Crippen molar-refractivity contribution in [3.05, 3.63) is 6.42 Å². The molecule has 3 fully saturated rings. The first-order chi connectivity index (χ1) is 5.57. The molecule has 0 amide bonds. The molecule has 68 valence electrons. The summed E-state index contributed by atoms with van der Waals surface area (Å²) in [5, 5.41) is 0. The van der Waals surface area contributed by atoms with E-state index >= 15 is 0 Å². The van der Waals surface area contributed by atoms with Gasteiger partial charge in [-0.3, -0.25) is 0 Å². The Balaban J connectivity index is 2.09. The second-order valence-corrected chi connectivity index (χ2v) is 11.1. The van der Waals surface area contributed by atoms with Gasteiger partial charge in [0.25, 0.3) is 0 Å². The summed E-state index contributed by atoms with van der Waals surface area (Å²) < 4.78 is 0. The Labute approximate surface area is 77.8 Å². The highest BCUT2D eigenvalue weighted by atomic mass is 28.3. The van der Waals surface area contributed by atoms with Crippen molar-refractivity contribution in [1.82, 2.24) is 0 Å². The van der Waals surface area contributed by atoms with Gasteiger partial charge in [-0.1, -0.05) is 26.1 Å². The lowest BCUT2D eigenvalue weighted by atomic mass is 9.70. The molecule has 0 spiro atoms. The monoisotopic (exact) mass is 180 g/mol. The van der Waals surface area contributed by atoms with Crippen molar-refractivity contribution in [2.24, 2.45) is 11.8 Å². The first-order valence-electron chi connectivity index (χ1n) is 5.31. The van der Waals surface area contributed by atoms with Gasteiger partial charge in [0.2, 0.25) is 0 Å². The van der Waals surface area contributed by atoms with Crippen LogP contribution in [-0.2, 0) is 0 Å². The summed E-state index contributed by atoms with van der Waals surface area (Å²) in [6.45, 7) is 7.58. The number of fused-ring (bicyclic) bond motifs is 3. The smallest absolute Gasteiger partial charge is 0.0476 e. The van der Waals surface area contributed by atoms with Crippen LogP contribution >= 0.6 is 0 Å². The summed E-state index contributed by atoms with van der Waals surface area (Å²) in [6, 6.07) is 0. The van der Waals surface area contributed by atoms with Crippen molar-refractivity contribution in [2.45, 2.75) is 50.9 Å². The van der Waals surface area contributed by atoms with Gasteiger partial charge in [-0.25, -0.2) is 0 Å². The van der Waals surface area contributed by atoms with E-state index in [0.717, 1.165) is 17.4 Å². The molecule has 0 unspecified atom stereocenters. The van der Waals surface area contributed by atoms with Gasteiger partial charge >= 0.3 is 0 Å². The lowest BCUT2D eigenvalue weighted by Gasteiger charge is -2.47. The predicted molar refractivity (Wildman–Crippen MR) is 55.8 cm³/mol. The first-order valence-corrected chi connectivity index (χ1v) is 8.88. The van der Waals surface area contributed by atoms with E-state index in [1.807, 2.05) is 0 Å². The van der Waals surface area contributed by atoms with Crippen molar-refractivity contribution < 1.29 is 0 Å². The third-order valence-electron chi connectivity index (χ3n) is 3.74. The second kappa shape index (κ2) is 2.86. The first kappa shape index (κ1) is 8.80. The van der Waals surface area contributed by atoms with Gasteiger partial charge < -0.3 is 0 Å². The summed E-state index contributed by atoms with van der Waals surface area (Å²) in [7, 11) is -0.873. The Hall–Kier alpha value is 0.217. The summed E-state index contributed by atoms with van der Waals surface area (Å²) >= 11 is 0. The van der Waals surface area contributed by atoms with Crippen LogP contribution in [0.2, 0.25) is 25.2 Å². The standard InChI is InChI=1S/C11H20Si/c1-12(2,3)11-8-9-4-6-10(11)7-5-9/h9-11H,4-6,8H2,1-3H3/t9-,10+,11+/m1/s1. The third kappa shape index (κ3) is 1.48. The van der Waals surface area contributed by atoms with E-state index in [4.69, 9.17) is 0 Å². The summed E-state index contributed by atoms with van der Waals surface area (Å²) in [6.07, 6.45) is 9.51. The largest absolute Gasteiger partial charge is 0.0693 e. The highest BCUT2D eigenvalue weighted by Gasteiger charge is 2.42. The van der Waals surface area contributed by atoms with Gasteiger partial charge in [-0.05, 0) is 43.1 Å². The molecule has 3 aliphatic carbocycles. The molecule has 0 heterocycles. The topological polar surface area (TPSA) is 0 Å². The van der Waals surface area contributed by atoms with Crippen LogP contribution in [0.3, 0.4) is 0 Å². The van der Waals surface area contributed by atoms with Crippen molar-refractivity contribution in [1.29, 1.82) is 0 Å². The van der Waals surface area contributed by atoms with E-state index in [1.54, 1.807) is 0 Å². The number of hydrogen-bond acceptors (Lipinski definition) is 0. The third-order valence-corrected chi connectivity index (χ3v) is 6.60. The molecule has 1 heteroatoms. The molecule has 3 atom stereocenters. The van der Waals surface area contributed by atoms with Crippen molar-refractivity contribution in [2.75, 3.05) is 0 Å². The van der Waals surface area contributed by atoms with Crippen LogP contribution < -0.4 is 0 Å². The lowest BCUT2D eigenvalue weighted by molar-refractivity contribution is 0.229. The van der Waals surface area contributed by atoms with Crippen molar-refractivity contribution in [3.63, 3.8) is 0 Å². The van der Waals surface area contributed by atoms with Crippen LogP contribution in [0.5, 0.6) is 0 Å². The van der Waals surface area contributed by atoms with Crippen LogP contribution in [-0.4, -0.2) is 8.07 Å². The quantitative estimate of drug-likeness (QED) is 0.541. The molecule has 3 saturated carbocycles. The molecule has 12 heavy (non-hydrogen) atoms. The van der Waals surface area contributed by atoms with E-state index in [9.17, 15) is 0 Å². The zero-order valence-corrected chi connectivity index (χ0v) is 9.56. The van der Waals surface area contributed by atoms with E-state index in [1.165, 1.54) is 25.7 Å². The maximum atomic E-state index is 3.71. The fourth-order valence-corrected chi connectivity index (χ4v) is 5.49. The van der Waals surface area contributed by atoms with Gasteiger partial charge in [0.05, 0.1) is 0 Å². The minimum atomic E-state index is -0.873. The Morgan fingerprint density at radius 3 is 2.17 bits per heavy atom. The summed E-state index contributed by atoms with van der Waals surface area (Å²) in [4.78, 5) is 0. The van der Waals surface area contributed by atoms with Gasteiger partial charge in [-0.15, -0.1) is 0 Å². The van der Waals surface area contributed by atoms with Gasteiger partial charge in [0.15, 0.2) is 0 Å². The molecule has 0 nitrogen and oxygen atoms in total. The highest BCUT2D eigenvalue weighted by molar-refractivity contribution is 6.77. The highest BCUT2D eigenvalue weighted by Crippen LogP contribution is 2.51. The van der Waals surface area contributed by atoms with E-state index in [0.29, 0.717) is 0 Å². The molecular formula is C11H20Si. The Morgan fingerprint density at radius 1 is 1.17 bits per heavy atom. The Bertz CT molecular complexity index is 160. The molecular weight excluding hydrogens is 160 g/mol. The summed E-state index contributed by atoms with van der Waals surface area (Å²) in [5.41, 5.74) is 1.06. The average Bonchev–Trinajstić information content (AvgIpc) is 2.05. The van der Waals surface area contributed by atoms with Crippen LogP contribution in [0.4, 0.5) is 0 Å². The fourth-order valence-electron chi connectivity index (χ4n) is 2.96. The predicted octanol–water partition coefficient (Wildman–Crippen LogP) is 3.60. The average molecular weight is 180 g/mol. The number of rotatable bonds is 1. The van der Waals surface area contributed by atoms with E-state index in [2.05, 4.69) is 26.1 Å². The molecule has 0 aromatic heterocycles.